The minimum absolute atomic E-state index is 0.286. The maximum absolute atomic E-state index is 13.1. The van der Waals surface area contributed by atoms with Gasteiger partial charge in [-0.05, 0) is 55.3 Å². The first-order valence-corrected chi connectivity index (χ1v) is 7.47. The van der Waals surface area contributed by atoms with Crippen molar-refractivity contribution < 1.29 is 4.39 Å². The Hall–Kier alpha value is -3.00. The Morgan fingerprint density at radius 2 is 1.83 bits per heavy atom. The summed E-state index contributed by atoms with van der Waals surface area (Å²) in [6.45, 7) is 0. The van der Waals surface area contributed by atoms with Crippen molar-refractivity contribution in [2.45, 2.75) is 18.9 Å². The van der Waals surface area contributed by atoms with Crippen LogP contribution in [-0.2, 0) is 0 Å². The highest BCUT2D eigenvalue weighted by Crippen LogP contribution is 2.35. The second-order valence-electron chi connectivity index (χ2n) is 5.62. The third-order valence-corrected chi connectivity index (χ3v) is 3.93. The summed E-state index contributed by atoms with van der Waals surface area (Å²) >= 11 is 0. The molecule has 0 unspecified atom stereocenters. The fraction of sp³-hybridized carbons (Fsp3) is 0.167. The minimum Gasteiger partial charge on any atom is -0.269 e. The minimum atomic E-state index is -0.286. The predicted molar refractivity (Wildman–Crippen MR) is 83.8 cm³/mol. The van der Waals surface area contributed by atoms with Crippen molar-refractivity contribution in [1.82, 2.24) is 14.8 Å². The van der Waals surface area contributed by atoms with Gasteiger partial charge in [0.2, 0.25) is 0 Å². The first-order chi connectivity index (χ1) is 11.2. The van der Waals surface area contributed by atoms with E-state index >= 15 is 0 Å². The zero-order chi connectivity index (χ0) is 15.8. The van der Waals surface area contributed by atoms with Gasteiger partial charge in [-0.1, -0.05) is 0 Å². The van der Waals surface area contributed by atoms with Gasteiger partial charge in [-0.2, -0.15) is 10.4 Å². The van der Waals surface area contributed by atoms with Crippen LogP contribution in [0.1, 0.15) is 24.4 Å². The first kappa shape index (κ1) is 13.6. The van der Waals surface area contributed by atoms with Gasteiger partial charge in [0.25, 0.3) is 0 Å². The lowest BCUT2D eigenvalue weighted by Gasteiger charge is -2.05. The van der Waals surface area contributed by atoms with E-state index in [1.165, 1.54) is 12.1 Å². The SMILES string of the molecule is N#Cc1ccc(-c2ccc(F)cc2)nc1-c1ccn(C2CC2)n1. The van der Waals surface area contributed by atoms with Crippen molar-refractivity contribution in [3.05, 3.63) is 60.0 Å². The summed E-state index contributed by atoms with van der Waals surface area (Å²) in [5.74, 6) is -0.286. The molecule has 4 nitrogen and oxygen atoms in total. The summed E-state index contributed by atoms with van der Waals surface area (Å²) in [7, 11) is 0. The molecule has 2 aromatic heterocycles. The fourth-order valence-corrected chi connectivity index (χ4v) is 2.53. The van der Waals surface area contributed by atoms with Gasteiger partial charge in [0, 0.05) is 11.8 Å². The van der Waals surface area contributed by atoms with Crippen LogP contribution in [0.25, 0.3) is 22.6 Å². The van der Waals surface area contributed by atoms with Gasteiger partial charge in [-0.25, -0.2) is 9.37 Å². The Morgan fingerprint density at radius 3 is 2.52 bits per heavy atom. The van der Waals surface area contributed by atoms with E-state index in [1.807, 2.05) is 16.9 Å². The smallest absolute Gasteiger partial charge is 0.123 e. The van der Waals surface area contributed by atoms with Crippen molar-refractivity contribution >= 4 is 0 Å². The molecule has 0 atom stereocenters. The van der Waals surface area contributed by atoms with E-state index in [2.05, 4.69) is 16.2 Å². The summed E-state index contributed by atoms with van der Waals surface area (Å²) in [5.41, 5.74) is 3.24. The highest BCUT2D eigenvalue weighted by molar-refractivity contribution is 5.69. The maximum atomic E-state index is 13.1. The van der Waals surface area contributed by atoms with Gasteiger partial charge in [0.05, 0.1) is 17.3 Å². The van der Waals surface area contributed by atoms with Gasteiger partial charge in [0.1, 0.15) is 23.3 Å². The van der Waals surface area contributed by atoms with E-state index in [9.17, 15) is 9.65 Å². The van der Waals surface area contributed by atoms with Crippen LogP contribution in [0.4, 0.5) is 4.39 Å². The molecule has 3 aromatic rings. The van der Waals surface area contributed by atoms with Crippen LogP contribution < -0.4 is 0 Å². The van der Waals surface area contributed by atoms with Crippen molar-refractivity contribution in [2.24, 2.45) is 0 Å². The maximum Gasteiger partial charge on any atom is 0.123 e. The van der Waals surface area contributed by atoms with Crippen molar-refractivity contribution in [1.29, 1.82) is 5.26 Å². The molecule has 1 aromatic carbocycles. The Kier molecular flexibility index (Phi) is 3.16. The lowest BCUT2D eigenvalue weighted by atomic mass is 10.1. The molecule has 0 amide bonds. The van der Waals surface area contributed by atoms with Crippen LogP contribution in [0.2, 0.25) is 0 Å². The summed E-state index contributed by atoms with van der Waals surface area (Å²) < 4.78 is 15.0. The van der Waals surface area contributed by atoms with Crippen LogP contribution in [0, 0.1) is 17.1 Å². The second kappa shape index (κ2) is 5.33. The Morgan fingerprint density at radius 1 is 1.04 bits per heavy atom. The first-order valence-electron chi connectivity index (χ1n) is 7.47. The number of hydrogen-bond donors (Lipinski definition) is 0. The number of aromatic nitrogens is 3. The number of rotatable bonds is 3. The Balaban J connectivity index is 1.78. The summed E-state index contributed by atoms with van der Waals surface area (Å²) in [6.07, 6.45) is 4.23. The summed E-state index contributed by atoms with van der Waals surface area (Å²) in [5, 5.41) is 13.9. The van der Waals surface area contributed by atoms with Gasteiger partial charge in [-0.3, -0.25) is 4.68 Å². The molecule has 2 heterocycles. The molecule has 1 saturated carbocycles. The van der Waals surface area contributed by atoms with Gasteiger partial charge in [-0.15, -0.1) is 0 Å². The van der Waals surface area contributed by atoms with E-state index in [-0.39, 0.29) is 5.82 Å². The lowest BCUT2D eigenvalue weighted by Crippen LogP contribution is -1.97. The van der Waals surface area contributed by atoms with Gasteiger partial charge >= 0.3 is 0 Å². The van der Waals surface area contributed by atoms with Crippen molar-refractivity contribution in [3.63, 3.8) is 0 Å². The average Bonchev–Trinajstić information content (AvgIpc) is 3.32. The second-order valence-corrected chi connectivity index (χ2v) is 5.62. The molecule has 0 aliphatic heterocycles. The number of pyridine rings is 1. The molecule has 23 heavy (non-hydrogen) atoms. The molecule has 0 saturated heterocycles. The summed E-state index contributed by atoms with van der Waals surface area (Å²) in [6, 6.07) is 14.2. The van der Waals surface area contributed by atoms with Crippen LogP contribution in [0.5, 0.6) is 0 Å². The van der Waals surface area contributed by atoms with E-state index in [4.69, 9.17) is 0 Å². The van der Waals surface area contributed by atoms with Crippen molar-refractivity contribution in [2.75, 3.05) is 0 Å². The van der Waals surface area contributed by atoms with E-state index in [0.29, 0.717) is 28.7 Å². The zero-order valence-electron chi connectivity index (χ0n) is 12.3. The monoisotopic (exact) mass is 304 g/mol. The summed E-state index contributed by atoms with van der Waals surface area (Å²) in [4.78, 5) is 4.59. The lowest BCUT2D eigenvalue weighted by molar-refractivity contribution is 0.628. The molecular weight excluding hydrogens is 291 g/mol. The molecule has 0 radical (unpaired) electrons. The van der Waals surface area contributed by atoms with Gasteiger partial charge in [0.15, 0.2) is 0 Å². The number of halogens is 1. The molecule has 4 rings (SSSR count). The zero-order valence-corrected chi connectivity index (χ0v) is 12.3. The third-order valence-electron chi connectivity index (χ3n) is 3.93. The molecular formula is C18H13FN4. The Labute approximate surface area is 132 Å². The average molecular weight is 304 g/mol. The quantitative estimate of drug-likeness (QED) is 0.736. The van der Waals surface area contributed by atoms with Crippen LogP contribution in [-0.4, -0.2) is 14.8 Å². The molecule has 5 heteroatoms. The number of hydrogen-bond acceptors (Lipinski definition) is 3. The van der Waals surface area contributed by atoms with Gasteiger partial charge < -0.3 is 0 Å². The fourth-order valence-electron chi connectivity index (χ4n) is 2.53. The molecule has 112 valence electrons. The standard InChI is InChI=1S/C18H13FN4/c19-14-4-1-12(2-5-14)16-8-3-13(11-20)18(21-16)17-9-10-23(22-17)15-6-7-15/h1-5,8-10,15H,6-7H2. The molecule has 1 aliphatic rings. The highest BCUT2D eigenvalue weighted by Gasteiger charge is 2.25. The predicted octanol–water partition coefficient (Wildman–Crippen LogP) is 3.96. The molecule has 1 aliphatic carbocycles. The van der Waals surface area contributed by atoms with Crippen LogP contribution >= 0.6 is 0 Å². The molecule has 0 bridgehead atoms. The van der Waals surface area contributed by atoms with Crippen molar-refractivity contribution in [3.8, 4) is 28.7 Å². The Bertz CT molecular complexity index is 902. The van der Waals surface area contributed by atoms with Crippen LogP contribution in [0.3, 0.4) is 0 Å². The molecule has 1 fully saturated rings. The highest BCUT2D eigenvalue weighted by atomic mass is 19.1. The van der Waals surface area contributed by atoms with Crippen LogP contribution in [0.15, 0.2) is 48.7 Å². The molecule has 0 N–H and O–H groups in total. The largest absolute Gasteiger partial charge is 0.269 e. The normalized spacial score (nSPS) is 13.7. The third kappa shape index (κ3) is 2.59. The number of benzene rings is 1. The van der Waals surface area contributed by atoms with E-state index < -0.39 is 0 Å². The number of nitrogens with zero attached hydrogens (tertiary/aromatic N) is 4. The van der Waals surface area contributed by atoms with E-state index in [1.54, 1.807) is 24.3 Å². The van der Waals surface area contributed by atoms with E-state index in [0.717, 1.165) is 18.4 Å². The topological polar surface area (TPSA) is 54.5 Å². The molecule has 0 spiro atoms. The number of nitriles is 1.